The van der Waals surface area contributed by atoms with Crippen molar-refractivity contribution in [3.63, 3.8) is 0 Å². The first kappa shape index (κ1) is 18.7. The van der Waals surface area contributed by atoms with Crippen molar-refractivity contribution in [2.45, 2.75) is 26.3 Å². The van der Waals surface area contributed by atoms with Gasteiger partial charge in [-0.1, -0.05) is 18.2 Å². The van der Waals surface area contributed by atoms with Crippen molar-refractivity contribution in [3.05, 3.63) is 59.9 Å². The summed E-state index contributed by atoms with van der Waals surface area (Å²) >= 11 is 0. The molecule has 1 atom stereocenters. The fourth-order valence-electron chi connectivity index (χ4n) is 3.99. The van der Waals surface area contributed by atoms with Gasteiger partial charge in [-0.3, -0.25) is 9.36 Å². The lowest BCUT2D eigenvalue weighted by Crippen LogP contribution is -2.40. The van der Waals surface area contributed by atoms with Crippen molar-refractivity contribution in [2.75, 3.05) is 18.1 Å². The molecule has 0 bridgehead atoms. The molecule has 0 N–H and O–H groups in total. The smallest absolute Gasteiger partial charge is 0.254 e. The highest BCUT2D eigenvalue weighted by atomic mass is 32.2. The van der Waals surface area contributed by atoms with Crippen LogP contribution in [0.3, 0.4) is 0 Å². The Morgan fingerprint density at radius 3 is 2.61 bits per heavy atom. The van der Waals surface area contributed by atoms with Gasteiger partial charge in [0.1, 0.15) is 5.82 Å². The second kappa shape index (κ2) is 7.05. The number of sulfone groups is 1. The van der Waals surface area contributed by atoms with Crippen LogP contribution in [-0.2, 0) is 9.84 Å². The van der Waals surface area contributed by atoms with Crippen molar-refractivity contribution in [1.82, 2.24) is 14.5 Å². The minimum absolute atomic E-state index is 0.0521. The monoisotopic (exact) mass is 397 g/mol. The maximum atomic E-state index is 13.1. The number of imidazole rings is 1. The quantitative estimate of drug-likeness (QED) is 0.678. The molecule has 1 saturated heterocycles. The number of nitrogens with zero attached hydrogens (tertiary/aromatic N) is 3. The molecule has 1 amide bonds. The zero-order chi connectivity index (χ0) is 19.9. The number of amides is 1. The van der Waals surface area contributed by atoms with Crippen LogP contribution in [-0.4, -0.2) is 52.9 Å². The Balaban J connectivity index is 1.69. The molecule has 0 radical (unpaired) electrons. The van der Waals surface area contributed by atoms with Crippen LogP contribution in [0.1, 0.15) is 29.5 Å². The lowest BCUT2D eigenvalue weighted by molar-refractivity contribution is 0.0708. The maximum Gasteiger partial charge on any atom is 0.254 e. The third-order valence-electron chi connectivity index (χ3n) is 5.33. The Labute approximate surface area is 164 Å². The van der Waals surface area contributed by atoms with E-state index in [1.165, 1.54) is 0 Å². The standard InChI is InChI=1S/C21H23N3O3S/c1-3-23(18-11-12-28(26,27)14-18)21(25)16-9-10-20-19(13-16)22-15(2)24(20)17-7-5-4-6-8-17/h4-10,13,18H,3,11-12,14H2,1-2H3. The van der Waals surface area contributed by atoms with E-state index >= 15 is 0 Å². The van der Waals surface area contributed by atoms with E-state index < -0.39 is 9.84 Å². The molecule has 1 aliphatic heterocycles. The second-order valence-electron chi connectivity index (χ2n) is 7.18. The van der Waals surface area contributed by atoms with Crippen LogP contribution < -0.4 is 0 Å². The highest BCUT2D eigenvalue weighted by Gasteiger charge is 2.34. The lowest BCUT2D eigenvalue weighted by atomic mass is 10.1. The molecular weight excluding hydrogens is 374 g/mol. The second-order valence-corrected chi connectivity index (χ2v) is 9.41. The van der Waals surface area contributed by atoms with Gasteiger partial charge in [0.05, 0.1) is 22.5 Å². The molecule has 0 aliphatic carbocycles. The summed E-state index contributed by atoms with van der Waals surface area (Å²) in [5, 5.41) is 0. The third kappa shape index (κ3) is 3.30. The molecule has 146 valence electrons. The van der Waals surface area contributed by atoms with Crippen LogP contribution in [0.5, 0.6) is 0 Å². The average Bonchev–Trinajstić information content (AvgIpc) is 3.20. The number of rotatable bonds is 4. The fraction of sp³-hybridized carbons (Fsp3) is 0.333. The number of hydrogen-bond donors (Lipinski definition) is 0. The Morgan fingerprint density at radius 1 is 1.21 bits per heavy atom. The fourth-order valence-corrected chi connectivity index (χ4v) is 5.72. The van der Waals surface area contributed by atoms with Gasteiger partial charge in [0.25, 0.3) is 5.91 Å². The van der Waals surface area contributed by atoms with Crippen LogP contribution in [0.4, 0.5) is 0 Å². The summed E-state index contributed by atoms with van der Waals surface area (Å²) in [4.78, 5) is 19.4. The van der Waals surface area contributed by atoms with Crippen LogP contribution in [0.2, 0.25) is 0 Å². The number of carbonyl (C=O) groups excluding carboxylic acids is 1. The van der Waals surface area contributed by atoms with E-state index in [4.69, 9.17) is 0 Å². The van der Waals surface area contributed by atoms with Gasteiger partial charge >= 0.3 is 0 Å². The number of fused-ring (bicyclic) bond motifs is 1. The van der Waals surface area contributed by atoms with Gasteiger partial charge in [-0.25, -0.2) is 13.4 Å². The highest BCUT2D eigenvalue weighted by molar-refractivity contribution is 7.91. The summed E-state index contributed by atoms with van der Waals surface area (Å²) in [7, 11) is -3.04. The zero-order valence-electron chi connectivity index (χ0n) is 16.0. The van der Waals surface area contributed by atoms with E-state index in [2.05, 4.69) is 9.55 Å². The predicted octanol–water partition coefficient (Wildman–Crippen LogP) is 2.98. The number of aryl methyl sites for hydroxylation is 1. The van der Waals surface area contributed by atoms with Gasteiger partial charge in [0, 0.05) is 23.8 Å². The van der Waals surface area contributed by atoms with Crippen LogP contribution in [0.25, 0.3) is 16.7 Å². The van der Waals surface area contributed by atoms with Crippen molar-refractivity contribution in [2.24, 2.45) is 0 Å². The Bertz CT molecular complexity index is 1140. The average molecular weight is 398 g/mol. The summed E-state index contributed by atoms with van der Waals surface area (Å²) in [6.07, 6.45) is 0.506. The van der Waals surface area contributed by atoms with Crippen molar-refractivity contribution < 1.29 is 13.2 Å². The van der Waals surface area contributed by atoms with E-state index in [1.807, 2.05) is 50.2 Å². The number of carbonyl (C=O) groups is 1. The first-order chi connectivity index (χ1) is 13.4. The summed E-state index contributed by atoms with van der Waals surface area (Å²) in [5.74, 6) is 0.913. The molecule has 3 aromatic rings. The molecular formula is C21H23N3O3S. The van der Waals surface area contributed by atoms with Crippen molar-refractivity contribution in [1.29, 1.82) is 0 Å². The summed E-state index contributed by atoms with van der Waals surface area (Å²) in [5.41, 5.74) is 3.25. The van der Waals surface area contributed by atoms with Crippen LogP contribution in [0.15, 0.2) is 48.5 Å². The van der Waals surface area contributed by atoms with E-state index in [1.54, 1.807) is 17.0 Å². The molecule has 1 aliphatic rings. The largest absolute Gasteiger partial charge is 0.335 e. The van der Waals surface area contributed by atoms with E-state index in [0.29, 0.717) is 18.5 Å². The van der Waals surface area contributed by atoms with Gasteiger partial charge in [-0.15, -0.1) is 0 Å². The van der Waals surface area contributed by atoms with Crippen LogP contribution in [0, 0.1) is 6.92 Å². The van der Waals surface area contributed by atoms with E-state index in [-0.39, 0.29) is 23.5 Å². The van der Waals surface area contributed by atoms with Gasteiger partial charge in [0.15, 0.2) is 9.84 Å². The minimum Gasteiger partial charge on any atom is -0.335 e. The molecule has 6 nitrogen and oxygen atoms in total. The van der Waals surface area contributed by atoms with E-state index in [9.17, 15) is 13.2 Å². The summed E-state index contributed by atoms with van der Waals surface area (Å²) in [6.45, 7) is 4.31. The molecule has 7 heteroatoms. The molecule has 0 spiro atoms. The first-order valence-corrected chi connectivity index (χ1v) is 11.3. The first-order valence-electron chi connectivity index (χ1n) is 9.45. The maximum absolute atomic E-state index is 13.1. The predicted molar refractivity (Wildman–Crippen MR) is 110 cm³/mol. The third-order valence-corrected chi connectivity index (χ3v) is 7.08. The molecule has 4 rings (SSSR count). The summed E-state index contributed by atoms with van der Waals surface area (Å²) < 4.78 is 25.7. The summed E-state index contributed by atoms with van der Waals surface area (Å²) in [6, 6.07) is 15.2. The molecule has 0 saturated carbocycles. The lowest BCUT2D eigenvalue weighted by Gasteiger charge is -2.27. The Morgan fingerprint density at radius 2 is 1.96 bits per heavy atom. The number of hydrogen-bond acceptors (Lipinski definition) is 4. The zero-order valence-corrected chi connectivity index (χ0v) is 16.8. The number of benzene rings is 2. The minimum atomic E-state index is -3.04. The molecule has 2 heterocycles. The van der Waals surface area contributed by atoms with Crippen molar-refractivity contribution >= 4 is 26.8 Å². The Hall–Kier alpha value is -2.67. The highest BCUT2D eigenvalue weighted by Crippen LogP contribution is 2.24. The SMILES string of the molecule is CCN(C(=O)c1ccc2c(c1)nc(C)n2-c1ccccc1)C1CCS(=O)(=O)C1. The molecule has 1 aromatic heterocycles. The number of aromatic nitrogens is 2. The van der Waals surface area contributed by atoms with Crippen LogP contribution >= 0.6 is 0 Å². The molecule has 28 heavy (non-hydrogen) atoms. The molecule has 2 aromatic carbocycles. The topological polar surface area (TPSA) is 72.3 Å². The van der Waals surface area contributed by atoms with E-state index in [0.717, 1.165) is 22.5 Å². The normalized spacial score (nSPS) is 18.4. The molecule has 1 unspecified atom stereocenters. The Kier molecular flexibility index (Phi) is 4.71. The van der Waals surface area contributed by atoms with Crippen molar-refractivity contribution in [3.8, 4) is 5.69 Å². The van der Waals surface area contributed by atoms with Gasteiger partial charge in [0.2, 0.25) is 0 Å². The van der Waals surface area contributed by atoms with Gasteiger partial charge in [-0.05, 0) is 50.6 Å². The number of para-hydroxylation sites is 1. The molecule has 1 fully saturated rings. The van der Waals surface area contributed by atoms with Gasteiger partial charge in [-0.2, -0.15) is 0 Å². The van der Waals surface area contributed by atoms with Gasteiger partial charge < -0.3 is 4.90 Å².